The van der Waals surface area contributed by atoms with Gasteiger partial charge in [-0.15, -0.1) is 0 Å². The lowest BCUT2D eigenvalue weighted by molar-refractivity contribution is 0.409. The molecule has 2 rings (SSSR count). The summed E-state index contributed by atoms with van der Waals surface area (Å²) in [5, 5.41) is 0. The summed E-state index contributed by atoms with van der Waals surface area (Å²) >= 11 is 3.29. The zero-order chi connectivity index (χ0) is 15.5. The fraction of sp³-hybridized carbons (Fsp3) is 0.200. The Bertz CT molecular complexity index is 727. The highest BCUT2D eigenvalue weighted by Gasteiger charge is 2.16. The van der Waals surface area contributed by atoms with Crippen molar-refractivity contribution in [2.24, 2.45) is 5.73 Å². The first kappa shape index (κ1) is 16.0. The molecule has 0 amide bonds. The molecule has 0 aromatic heterocycles. The van der Waals surface area contributed by atoms with Crippen molar-refractivity contribution >= 4 is 25.8 Å². The minimum atomic E-state index is -3.38. The lowest BCUT2D eigenvalue weighted by Gasteiger charge is -2.10. The van der Waals surface area contributed by atoms with Gasteiger partial charge in [0.05, 0.1) is 17.8 Å². The molecule has 4 nitrogen and oxygen atoms in total. The van der Waals surface area contributed by atoms with Crippen molar-refractivity contribution < 1.29 is 13.2 Å². The van der Waals surface area contributed by atoms with Gasteiger partial charge in [-0.1, -0.05) is 28.1 Å². The number of hydrogen-bond donors (Lipinski definition) is 1. The van der Waals surface area contributed by atoms with Crippen LogP contribution in [0.15, 0.2) is 51.8 Å². The van der Waals surface area contributed by atoms with Crippen molar-refractivity contribution in [3.05, 3.63) is 58.1 Å². The van der Waals surface area contributed by atoms with E-state index in [1.165, 1.54) is 0 Å². The van der Waals surface area contributed by atoms with Crippen LogP contribution in [0.25, 0.3) is 0 Å². The van der Waals surface area contributed by atoms with Crippen LogP contribution in [0.3, 0.4) is 0 Å². The number of sulfone groups is 1. The van der Waals surface area contributed by atoms with Crippen LogP contribution in [0.4, 0.5) is 0 Å². The number of rotatable bonds is 5. The van der Waals surface area contributed by atoms with Crippen LogP contribution in [-0.4, -0.2) is 15.5 Å². The molecular formula is C15H16BrNO3S. The molecule has 0 aliphatic carbocycles. The average Bonchev–Trinajstić information content (AvgIpc) is 2.47. The highest BCUT2D eigenvalue weighted by Crippen LogP contribution is 2.24. The normalized spacial score (nSPS) is 11.4. The number of benzene rings is 2. The molecule has 6 heteroatoms. The zero-order valence-electron chi connectivity index (χ0n) is 11.5. The van der Waals surface area contributed by atoms with Crippen LogP contribution >= 0.6 is 15.9 Å². The number of halogens is 1. The van der Waals surface area contributed by atoms with Crippen molar-refractivity contribution in [1.29, 1.82) is 0 Å². The Morgan fingerprint density at radius 1 is 1.14 bits per heavy atom. The highest BCUT2D eigenvalue weighted by molar-refractivity contribution is 9.10. The third kappa shape index (κ3) is 3.84. The summed E-state index contributed by atoms with van der Waals surface area (Å²) in [4.78, 5) is 0.299. The molecule has 0 heterocycles. The molecule has 0 saturated carbocycles. The Morgan fingerprint density at radius 2 is 1.81 bits per heavy atom. The van der Waals surface area contributed by atoms with Gasteiger partial charge < -0.3 is 10.5 Å². The van der Waals surface area contributed by atoms with E-state index in [4.69, 9.17) is 10.5 Å². The number of hydrogen-bond acceptors (Lipinski definition) is 4. The van der Waals surface area contributed by atoms with Gasteiger partial charge in [-0.3, -0.25) is 0 Å². The third-order valence-electron chi connectivity index (χ3n) is 3.10. The molecule has 0 aliphatic rings. The summed E-state index contributed by atoms with van der Waals surface area (Å²) in [6.07, 6.45) is 0. The molecule has 0 atom stereocenters. The van der Waals surface area contributed by atoms with Crippen LogP contribution in [0.5, 0.6) is 5.75 Å². The van der Waals surface area contributed by atoms with Gasteiger partial charge in [0.25, 0.3) is 0 Å². The SMILES string of the molecule is COc1cc(CS(=O)(=O)c2ccc(Br)cc2)ccc1CN. The van der Waals surface area contributed by atoms with E-state index in [0.29, 0.717) is 22.8 Å². The van der Waals surface area contributed by atoms with Gasteiger partial charge in [0.2, 0.25) is 0 Å². The number of ether oxygens (including phenoxy) is 1. The number of methoxy groups -OCH3 is 1. The first-order valence-corrected chi connectivity index (χ1v) is 8.75. The molecule has 0 unspecified atom stereocenters. The van der Waals surface area contributed by atoms with Gasteiger partial charge in [0, 0.05) is 16.6 Å². The second kappa shape index (κ2) is 6.60. The quantitative estimate of drug-likeness (QED) is 0.879. The maximum absolute atomic E-state index is 12.4. The Hall–Kier alpha value is -1.37. The summed E-state index contributed by atoms with van der Waals surface area (Å²) in [5.41, 5.74) is 7.13. The maximum atomic E-state index is 12.4. The van der Waals surface area contributed by atoms with E-state index >= 15 is 0 Å². The van der Waals surface area contributed by atoms with Gasteiger partial charge in [-0.2, -0.15) is 0 Å². The number of nitrogens with two attached hydrogens (primary N) is 1. The second-order valence-corrected chi connectivity index (χ2v) is 7.47. The molecular weight excluding hydrogens is 354 g/mol. The first-order valence-electron chi connectivity index (χ1n) is 6.30. The molecule has 0 radical (unpaired) electrons. The van der Waals surface area contributed by atoms with Crippen LogP contribution in [0, 0.1) is 0 Å². The van der Waals surface area contributed by atoms with Crippen LogP contribution < -0.4 is 10.5 Å². The molecule has 0 spiro atoms. The van der Waals surface area contributed by atoms with E-state index in [1.807, 2.05) is 0 Å². The van der Waals surface area contributed by atoms with Gasteiger partial charge in [0.15, 0.2) is 9.84 Å². The van der Waals surface area contributed by atoms with Gasteiger partial charge in [-0.25, -0.2) is 8.42 Å². The van der Waals surface area contributed by atoms with E-state index in [2.05, 4.69) is 15.9 Å². The topological polar surface area (TPSA) is 69.4 Å². The highest BCUT2D eigenvalue weighted by atomic mass is 79.9. The lowest BCUT2D eigenvalue weighted by Crippen LogP contribution is -2.06. The molecule has 0 saturated heterocycles. The van der Waals surface area contributed by atoms with Crippen LogP contribution in [-0.2, 0) is 22.1 Å². The van der Waals surface area contributed by atoms with Gasteiger partial charge in [-0.05, 0) is 35.9 Å². The third-order valence-corrected chi connectivity index (χ3v) is 5.33. The van der Waals surface area contributed by atoms with E-state index in [0.717, 1.165) is 10.0 Å². The van der Waals surface area contributed by atoms with E-state index < -0.39 is 9.84 Å². The Kier molecular flexibility index (Phi) is 5.03. The molecule has 0 aliphatic heterocycles. The fourth-order valence-corrected chi connectivity index (χ4v) is 3.59. The molecule has 21 heavy (non-hydrogen) atoms. The largest absolute Gasteiger partial charge is 0.496 e. The molecule has 0 fully saturated rings. The predicted octanol–water partition coefficient (Wildman–Crippen LogP) is 2.89. The van der Waals surface area contributed by atoms with E-state index in [1.54, 1.807) is 49.6 Å². The first-order chi connectivity index (χ1) is 9.96. The summed E-state index contributed by atoms with van der Waals surface area (Å²) in [7, 11) is -1.84. The smallest absolute Gasteiger partial charge is 0.182 e. The second-order valence-electron chi connectivity index (χ2n) is 4.56. The van der Waals surface area contributed by atoms with Crippen molar-refractivity contribution in [3.63, 3.8) is 0 Å². The average molecular weight is 370 g/mol. The van der Waals surface area contributed by atoms with Crippen molar-refractivity contribution in [3.8, 4) is 5.75 Å². The summed E-state index contributed by atoms with van der Waals surface area (Å²) in [6.45, 7) is 0.350. The molecule has 0 bridgehead atoms. The van der Waals surface area contributed by atoms with Crippen LogP contribution in [0.2, 0.25) is 0 Å². The lowest BCUT2D eigenvalue weighted by atomic mass is 10.1. The van der Waals surface area contributed by atoms with Crippen molar-refractivity contribution in [2.45, 2.75) is 17.2 Å². The van der Waals surface area contributed by atoms with Crippen molar-refractivity contribution in [1.82, 2.24) is 0 Å². The van der Waals surface area contributed by atoms with E-state index in [9.17, 15) is 8.42 Å². The Morgan fingerprint density at radius 3 is 2.38 bits per heavy atom. The standard InChI is InChI=1S/C15H16BrNO3S/c1-20-15-8-11(2-3-12(15)9-17)10-21(18,19)14-6-4-13(16)5-7-14/h2-8H,9-10,17H2,1H3. The minimum absolute atomic E-state index is 0.0736. The van der Waals surface area contributed by atoms with Crippen molar-refractivity contribution in [2.75, 3.05) is 7.11 Å². The molecule has 2 N–H and O–H groups in total. The summed E-state index contributed by atoms with van der Waals surface area (Å²) < 4.78 is 30.8. The zero-order valence-corrected chi connectivity index (χ0v) is 13.9. The summed E-state index contributed by atoms with van der Waals surface area (Å²) in [5.74, 6) is 0.538. The monoisotopic (exact) mass is 369 g/mol. The van der Waals surface area contributed by atoms with Gasteiger partial charge >= 0.3 is 0 Å². The predicted molar refractivity (Wildman–Crippen MR) is 85.9 cm³/mol. The minimum Gasteiger partial charge on any atom is -0.496 e. The van der Waals surface area contributed by atoms with Gasteiger partial charge in [0.1, 0.15) is 5.75 Å². The van der Waals surface area contributed by atoms with Crippen LogP contribution in [0.1, 0.15) is 11.1 Å². The molecule has 2 aromatic rings. The Labute approximate surface area is 133 Å². The van der Waals surface area contributed by atoms with E-state index in [-0.39, 0.29) is 5.75 Å². The Balaban J connectivity index is 2.30. The fourth-order valence-electron chi connectivity index (χ4n) is 1.99. The maximum Gasteiger partial charge on any atom is 0.182 e. The molecule has 112 valence electrons. The molecule has 2 aromatic carbocycles. The summed E-state index contributed by atoms with van der Waals surface area (Å²) in [6, 6.07) is 11.9.